The van der Waals surface area contributed by atoms with Crippen LogP contribution in [-0.4, -0.2) is 96.7 Å². The summed E-state index contributed by atoms with van der Waals surface area (Å²) in [6.45, 7) is 9.74. The van der Waals surface area contributed by atoms with Crippen molar-refractivity contribution in [3.8, 4) is 0 Å². The molecule has 0 radical (unpaired) electrons. The summed E-state index contributed by atoms with van der Waals surface area (Å²) in [6, 6.07) is 0. The molecule has 0 aromatic carbocycles. The highest BCUT2D eigenvalue weighted by Gasteiger charge is 2.31. The second-order valence-electron chi connectivity index (χ2n) is 32.9. The van der Waals surface area contributed by atoms with Crippen LogP contribution in [0.25, 0.3) is 0 Å². The molecule has 19 heteroatoms. The van der Waals surface area contributed by atoms with Gasteiger partial charge in [0.15, 0.2) is 12.2 Å². The van der Waals surface area contributed by atoms with Crippen molar-refractivity contribution >= 4 is 39.5 Å². The fourth-order valence-corrected chi connectivity index (χ4v) is 15.5. The molecule has 3 N–H and O–H groups in total. The summed E-state index contributed by atoms with van der Waals surface area (Å²) < 4.78 is 69.0. The first-order valence-electron chi connectivity index (χ1n) is 46.0. The van der Waals surface area contributed by atoms with Crippen LogP contribution < -0.4 is 0 Å². The molecule has 0 spiro atoms. The number of aliphatic hydroxyl groups excluding tert-OH is 1. The van der Waals surface area contributed by atoms with Crippen LogP contribution in [0.4, 0.5) is 0 Å². The molecule has 17 nitrogen and oxygen atoms in total. The molecule has 0 rings (SSSR count). The second-order valence-corrected chi connectivity index (χ2v) is 35.8. The van der Waals surface area contributed by atoms with Gasteiger partial charge in [0.25, 0.3) is 0 Å². The maximum atomic E-state index is 13.2. The van der Waals surface area contributed by atoms with E-state index in [0.717, 1.165) is 102 Å². The van der Waals surface area contributed by atoms with Gasteiger partial charge in [-0.2, -0.15) is 0 Å². The number of carbonyl (C=O) groups is 4. The first-order valence-corrected chi connectivity index (χ1v) is 49.0. The molecule has 0 aromatic heterocycles. The Bertz CT molecular complexity index is 2060. The van der Waals surface area contributed by atoms with Crippen molar-refractivity contribution in [3.05, 3.63) is 0 Å². The molecule has 2 unspecified atom stereocenters. The van der Waals surface area contributed by atoms with Crippen molar-refractivity contribution in [3.63, 3.8) is 0 Å². The van der Waals surface area contributed by atoms with E-state index in [4.69, 9.17) is 37.0 Å². The lowest BCUT2D eigenvalue weighted by molar-refractivity contribution is -0.161. The van der Waals surface area contributed by atoms with Crippen LogP contribution in [0.2, 0.25) is 0 Å². The quantitative estimate of drug-likeness (QED) is 0.0222. The number of esters is 4. The van der Waals surface area contributed by atoms with Crippen LogP contribution in [0.1, 0.15) is 478 Å². The van der Waals surface area contributed by atoms with Gasteiger partial charge in [0.1, 0.15) is 19.3 Å². The molecule has 0 bridgehead atoms. The summed E-state index contributed by atoms with van der Waals surface area (Å²) in [5, 5.41) is 10.7. The Labute approximate surface area is 664 Å². The minimum Gasteiger partial charge on any atom is -0.462 e. The van der Waals surface area contributed by atoms with Gasteiger partial charge in [-0.25, -0.2) is 9.13 Å². The van der Waals surface area contributed by atoms with Crippen molar-refractivity contribution in [2.75, 3.05) is 39.6 Å². The van der Waals surface area contributed by atoms with Crippen molar-refractivity contribution < 1.29 is 80.2 Å². The monoisotopic (exact) mass is 1580 g/mol. The number of ether oxygens (including phenoxy) is 4. The average Bonchev–Trinajstić information content (AvgIpc) is 0.898. The number of carbonyl (C=O) groups excluding carboxylic acids is 4. The zero-order chi connectivity index (χ0) is 79.2. The Morgan fingerprint density at radius 2 is 0.426 bits per heavy atom. The molecule has 108 heavy (non-hydrogen) atoms. The molecule has 642 valence electrons. The fraction of sp³-hybridized carbons (Fsp3) is 0.955. The van der Waals surface area contributed by atoms with E-state index in [2.05, 4.69) is 41.5 Å². The van der Waals surface area contributed by atoms with E-state index in [1.54, 1.807) is 0 Å². The second kappa shape index (κ2) is 80.3. The third-order valence-corrected chi connectivity index (χ3v) is 22.9. The molecule has 0 aliphatic heterocycles. The molecule has 5 atom stereocenters. The first-order chi connectivity index (χ1) is 52.4. The molecule has 0 heterocycles. The summed E-state index contributed by atoms with van der Waals surface area (Å²) in [7, 11) is -9.93. The van der Waals surface area contributed by atoms with E-state index in [1.807, 2.05) is 0 Å². The molecule has 0 fully saturated rings. The van der Waals surface area contributed by atoms with Gasteiger partial charge in [0, 0.05) is 25.7 Å². The SMILES string of the molecule is CCCCCCCCCCCCCCCCCCCCCCCCC(=O)O[C@H](COC(=O)CCCCCCCCCCCCCCCCC(C)C)COP(=O)(O)OC[C@@H](O)COP(=O)(O)OC[C@@H](COC(=O)CCCCCCCCCCCCCC)OC(=O)CCCCCCCCCCCCCCCCC(C)C. The van der Waals surface area contributed by atoms with Crippen molar-refractivity contribution in [1.29, 1.82) is 0 Å². The normalized spacial score (nSPS) is 13.8. The Morgan fingerprint density at radius 3 is 0.630 bits per heavy atom. The Morgan fingerprint density at radius 1 is 0.250 bits per heavy atom. The molecule has 0 saturated heterocycles. The number of hydrogen-bond donors (Lipinski definition) is 3. The maximum Gasteiger partial charge on any atom is 0.472 e. The highest BCUT2D eigenvalue weighted by atomic mass is 31.2. The summed E-state index contributed by atoms with van der Waals surface area (Å²) in [6.07, 6.45) is 73.6. The minimum absolute atomic E-state index is 0.108. The Balaban J connectivity index is 5.24. The summed E-state index contributed by atoms with van der Waals surface area (Å²) in [4.78, 5) is 73.4. The van der Waals surface area contributed by atoms with E-state index in [-0.39, 0.29) is 25.7 Å². The Hall–Kier alpha value is -1.94. The molecule has 0 aliphatic carbocycles. The highest BCUT2D eigenvalue weighted by molar-refractivity contribution is 7.47. The largest absolute Gasteiger partial charge is 0.472 e. The number of unbranched alkanes of at least 4 members (excludes halogenated alkanes) is 58. The molecule has 0 saturated carbocycles. The first kappa shape index (κ1) is 106. The van der Waals surface area contributed by atoms with Crippen LogP contribution in [0.15, 0.2) is 0 Å². The zero-order valence-corrected chi connectivity index (χ0v) is 73.0. The van der Waals surface area contributed by atoms with Gasteiger partial charge in [0.05, 0.1) is 26.4 Å². The number of aliphatic hydroxyl groups is 1. The predicted octanol–water partition coefficient (Wildman–Crippen LogP) is 27.4. The van der Waals surface area contributed by atoms with Crippen LogP contribution in [-0.2, 0) is 65.4 Å². The van der Waals surface area contributed by atoms with E-state index >= 15 is 0 Å². The molecule has 0 amide bonds. The van der Waals surface area contributed by atoms with Gasteiger partial charge in [-0.15, -0.1) is 0 Å². The molecular weight excluding hydrogens is 1400 g/mol. The van der Waals surface area contributed by atoms with Gasteiger partial charge in [0.2, 0.25) is 0 Å². The van der Waals surface area contributed by atoms with Crippen LogP contribution in [0.5, 0.6) is 0 Å². The predicted molar refractivity (Wildman–Crippen MR) is 446 cm³/mol. The van der Waals surface area contributed by atoms with Gasteiger partial charge in [-0.1, -0.05) is 427 Å². The van der Waals surface area contributed by atoms with E-state index < -0.39 is 97.5 Å². The van der Waals surface area contributed by atoms with E-state index in [9.17, 15) is 43.2 Å². The molecular formula is C89H174O17P2. The van der Waals surface area contributed by atoms with E-state index in [0.29, 0.717) is 25.7 Å². The molecule has 0 aromatic rings. The summed E-state index contributed by atoms with van der Waals surface area (Å²) in [5.41, 5.74) is 0. The van der Waals surface area contributed by atoms with Crippen LogP contribution in [0.3, 0.4) is 0 Å². The van der Waals surface area contributed by atoms with Gasteiger partial charge in [-0.05, 0) is 37.5 Å². The summed E-state index contributed by atoms with van der Waals surface area (Å²) in [5.74, 6) is -0.503. The lowest BCUT2D eigenvalue weighted by atomic mass is 10.0. The lowest BCUT2D eigenvalue weighted by Crippen LogP contribution is -2.30. The third-order valence-electron chi connectivity index (χ3n) is 21.0. The van der Waals surface area contributed by atoms with Gasteiger partial charge in [-0.3, -0.25) is 37.3 Å². The van der Waals surface area contributed by atoms with Crippen LogP contribution >= 0.6 is 15.6 Å². The standard InChI is InChI=1S/C89H174O17P2/c1-7-9-11-13-15-17-19-21-22-23-24-25-26-27-28-29-37-43-49-55-61-67-73-88(93)106-85(78-100-87(92)72-66-60-54-48-42-36-32-30-34-39-45-51-57-63-69-81(3)4)80-104-108(97,98)102-76-83(90)75-101-107(95,96)103-79-84(77-99-86(91)71-65-59-53-47-41-20-18-16-14-12-10-8-2)105-89(94)74-68-62-56-50-44-38-33-31-35-40-46-52-58-64-70-82(5)6/h81-85,90H,7-80H2,1-6H3,(H,95,96)(H,97,98)/t83-,84+,85+/m0/s1. The zero-order valence-electron chi connectivity index (χ0n) is 71.2. The van der Waals surface area contributed by atoms with Crippen molar-refractivity contribution in [1.82, 2.24) is 0 Å². The fourth-order valence-electron chi connectivity index (χ4n) is 14.0. The lowest BCUT2D eigenvalue weighted by Gasteiger charge is -2.21. The molecule has 0 aliphatic rings. The number of rotatable bonds is 88. The van der Waals surface area contributed by atoms with E-state index in [1.165, 1.54) is 295 Å². The maximum absolute atomic E-state index is 13.2. The smallest absolute Gasteiger partial charge is 0.462 e. The third kappa shape index (κ3) is 82.1. The van der Waals surface area contributed by atoms with Crippen LogP contribution in [0, 0.1) is 11.8 Å². The minimum atomic E-state index is -4.97. The topological polar surface area (TPSA) is 237 Å². The number of phosphoric ester groups is 2. The summed E-state index contributed by atoms with van der Waals surface area (Å²) >= 11 is 0. The van der Waals surface area contributed by atoms with Crippen molar-refractivity contribution in [2.45, 2.75) is 496 Å². The average molecular weight is 1580 g/mol. The van der Waals surface area contributed by atoms with Crippen molar-refractivity contribution in [2.24, 2.45) is 11.8 Å². The highest BCUT2D eigenvalue weighted by Crippen LogP contribution is 2.45. The van der Waals surface area contributed by atoms with Gasteiger partial charge >= 0.3 is 39.5 Å². The number of hydrogen-bond acceptors (Lipinski definition) is 15. The number of phosphoric acid groups is 2. The van der Waals surface area contributed by atoms with Gasteiger partial charge < -0.3 is 33.8 Å². The Kier molecular flexibility index (Phi) is 78.8.